The summed E-state index contributed by atoms with van der Waals surface area (Å²) in [6.45, 7) is 1.40. The summed E-state index contributed by atoms with van der Waals surface area (Å²) >= 11 is 0. The summed E-state index contributed by atoms with van der Waals surface area (Å²) in [6, 6.07) is 9.54. The topological polar surface area (TPSA) is 71.5 Å². The number of hydrogen-bond acceptors (Lipinski definition) is 4. The van der Waals surface area contributed by atoms with E-state index in [-0.39, 0.29) is 43.1 Å². The van der Waals surface area contributed by atoms with Gasteiger partial charge in [0, 0.05) is 37.9 Å². The van der Waals surface area contributed by atoms with Crippen LogP contribution in [0.25, 0.3) is 0 Å². The van der Waals surface area contributed by atoms with E-state index >= 15 is 0 Å². The van der Waals surface area contributed by atoms with Crippen LogP contribution < -0.4 is 10.1 Å². The zero-order valence-corrected chi connectivity index (χ0v) is 15.8. The molecular formula is C20H23F2N3O3. The minimum Gasteiger partial charge on any atom is -0.435 e. The van der Waals surface area contributed by atoms with E-state index < -0.39 is 6.61 Å². The van der Waals surface area contributed by atoms with Crippen molar-refractivity contribution in [3.8, 4) is 5.75 Å². The lowest BCUT2D eigenvalue weighted by atomic mass is 10.1. The van der Waals surface area contributed by atoms with Crippen molar-refractivity contribution in [1.29, 1.82) is 0 Å². The largest absolute Gasteiger partial charge is 0.435 e. The lowest BCUT2D eigenvalue weighted by Crippen LogP contribution is -2.40. The number of alkyl halides is 2. The first-order chi connectivity index (χ1) is 13.4. The molecule has 0 saturated heterocycles. The second kappa shape index (κ2) is 10.3. The Bertz CT molecular complexity index is 785. The molecule has 0 spiro atoms. The highest BCUT2D eigenvalue weighted by Gasteiger charge is 2.18. The van der Waals surface area contributed by atoms with Crippen LogP contribution in [0.3, 0.4) is 0 Å². The van der Waals surface area contributed by atoms with Crippen molar-refractivity contribution >= 4 is 11.8 Å². The average Bonchev–Trinajstić information content (AvgIpc) is 2.67. The molecule has 0 unspecified atom stereocenters. The Kier molecular flexibility index (Phi) is 7.86. The van der Waals surface area contributed by atoms with E-state index in [1.807, 2.05) is 0 Å². The predicted octanol–water partition coefficient (Wildman–Crippen LogP) is 3.10. The minimum absolute atomic E-state index is 0.0364. The van der Waals surface area contributed by atoms with Crippen LogP contribution in [0, 0.1) is 5.92 Å². The monoisotopic (exact) mass is 391 g/mol. The van der Waals surface area contributed by atoms with Crippen LogP contribution in [0.1, 0.15) is 29.8 Å². The van der Waals surface area contributed by atoms with Crippen molar-refractivity contribution in [2.45, 2.75) is 27.0 Å². The number of aromatic nitrogens is 1. The number of nitrogens with one attached hydrogen (secondary N) is 1. The van der Waals surface area contributed by atoms with Gasteiger partial charge >= 0.3 is 6.61 Å². The minimum atomic E-state index is -2.91. The number of carbonyl (C=O) groups is 2. The highest BCUT2D eigenvalue weighted by molar-refractivity contribution is 5.93. The summed E-state index contributed by atoms with van der Waals surface area (Å²) in [6.07, 6.45) is 3.03. The van der Waals surface area contributed by atoms with Gasteiger partial charge in [-0.2, -0.15) is 8.78 Å². The van der Waals surface area contributed by atoms with E-state index in [0.29, 0.717) is 11.1 Å². The molecule has 150 valence electrons. The van der Waals surface area contributed by atoms with E-state index in [1.165, 1.54) is 18.3 Å². The third-order valence-electron chi connectivity index (χ3n) is 3.89. The van der Waals surface area contributed by atoms with Crippen LogP contribution >= 0.6 is 0 Å². The van der Waals surface area contributed by atoms with Crippen LogP contribution in [0.4, 0.5) is 8.78 Å². The van der Waals surface area contributed by atoms with Crippen molar-refractivity contribution in [3.05, 3.63) is 59.9 Å². The van der Waals surface area contributed by atoms with E-state index in [2.05, 4.69) is 15.0 Å². The van der Waals surface area contributed by atoms with E-state index in [1.54, 1.807) is 49.2 Å². The first-order valence-corrected chi connectivity index (χ1v) is 8.87. The summed E-state index contributed by atoms with van der Waals surface area (Å²) in [5.41, 5.74) is 1.09. The molecular weight excluding hydrogens is 368 g/mol. The van der Waals surface area contributed by atoms with Crippen LogP contribution in [-0.4, -0.2) is 41.4 Å². The van der Waals surface area contributed by atoms with Gasteiger partial charge < -0.3 is 15.0 Å². The molecule has 0 bridgehead atoms. The van der Waals surface area contributed by atoms with Gasteiger partial charge in [-0.15, -0.1) is 0 Å². The lowest BCUT2D eigenvalue weighted by molar-refractivity contribution is -0.135. The van der Waals surface area contributed by atoms with Gasteiger partial charge in [0.1, 0.15) is 5.75 Å². The standard InChI is InChI=1S/C20H23F2N3O3/c1-14(2)19(27)25(10-9-24-18(26)16-6-4-8-23-12-16)13-15-5-3-7-17(11-15)28-20(21)22/h3-8,11-12,14,20H,9-10,13H2,1-2H3,(H,24,26). The Morgan fingerprint density at radius 2 is 2.00 bits per heavy atom. The maximum atomic E-state index is 12.5. The molecule has 1 aromatic carbocycles. The van der Waals surface area contributed by atoms with Crippen LogP contribution in [0.5, 0.6) is 5.75 Å². The molecule has 2 amide bonds. The van der Waals surface area contributed by atoms with Crippen LogP contribution in [0.15, 0.2) is 48.8 Å². The molecule has 0 radical (unpaired) electrons. The number of ether oxygens (including phenoxy) is 1. The van der Waals surface area contributed by atoms with Crippen LogP contribution in [-0.2, 0) is 11.3 Å². The van der Waals surface area contributed by atoms with Crippen LogP contribution in [0.2, 0.25) is 0 Å². The van der Waals surface area contributed by atoms with Gasteiger partial charge in [-0.25, -0.2) is 0 Å². The highest BCUT2D eigenvalue weighted by Crippen LogP contribution is 2.18. The van der Waals surface area contributed by atoms with Crippen molar-refractivity contribution in [2.24, 2.45) is 5.92 Å². The third kappa shape index (κ3) is 6.61. The van der Waals surface area contributed by atoms with E-state index in [4.69, 9.17) is 0 Å². The lowest BCUT2D eigenvalue weighted by Gasteiger charge is -2.25. The normalized spacial score (nSPS) is 10.8. The number of halogens is 2. The number of nitrogens with zero attached hydrogens (tertiary/aromatic N) is 2. The van der Waals surface area contributed by atoms with Gasteiger partial charge in [0.25, 0.3) is 5.91 Å². The van der Waals surface area contributed by atoms with Crippen molar-refractivity contribution in [2.75, 3.05) is 13.1 Å². The Morgan fingerprint density at radius 1 is 1.21 bits per heavy atom. The molecule has 2 aromatic rings. The zero-order valence-electron chi connectivity index (χ0n) is 15.8. The fourth-order valence-corrected chi connectivity index (χ4v) is 2.58. The number of hydrogen-bond donors (Lipinski definition) is 1. The second-order valence-corrected chi connectivity index (χ2v) is 6.44. The Labute approximate surface area is 162 Å². The first-order valence-electron chi connectivity index (χ1n) is 8.87. The van der Waals surface area contributed by atoms with Gasteiger partial charge in [0.15, 0.2) is 0 Å². The quantitative estimate of drug-likeness (QED) is 0.713. The SMILES string of the molecule is CC(C)C(=O)N(CCNC(=O)c1cccnc1)Cc1cccc(OC(F)F)c1. The molecule has 6 nitrogen and oxygen atoms in total. The van der Waals surface area contributed by atoms with Gasteiger partial charge in [0.2, 0.25) is 5.91 Å². The smallest absolute Gasteiger partial charge is 0.387 e. The fraction of sp³-hybridized carbons (Fsp3) is 0.350. The maximum absolute atomic E-state index is 12.5. The Balaban J connectivity index is 2.00. The molecule has 1 heterocycles. The molecule has 2 rings (SSSR count). The van der Waals surface area contributed by atoms with Gasteiger partial charge in [0.05, 0.1) is 5.56 Å². The molecule has 0 aliphatic rings. The summed E-state index contributed by atoms with van der Waals surface area (Å²) in [7, 11) is 0. The van der Waals surface area contributed by atoms with Crippen molar-refractivity contribution in [1.82, 2.24) is 15.2 Å². The Morgan fingerprint density at radius 3 is 2.64 bits per heavy atom. The zero-order chi connectivity index (χ0) is 20.5. The number of benzene rings is 1. The molecule has 1 aromatic heterocycles. The fourth-order valence-electron chi connectivity index (χ4n) is 2.58. The molecule has 0 saturated carbocycles. The van der Waals surface area contributed by atoms with E-state index in [0.717, 1.165) is 0 Å². The third-order valence-corrected chi connectivity index (χ3v) is 3.89. The summed E-state index contributed by atoms with van der Waals surface area (Å²) in [5.74, 6) is -0.586. The number of amides is 2. The first kappa shape index (κ1) is 21.3. The van der Waals surface area contributed by atoms with Crippen molar-refractivity contribution in [3.63, 3.8) is 0 Å². The summed E-state index contributed by atoms with van der Waals surface area (Å²) < 4.78 is 29.2. The molecule has 0 aliphatic heterocycles. The van der Waals surface area contributed by atoms with Gasteiger partial charge in [-0.1, -0.05) is 26.0 Å². The van der Waals surface area contributed by atoms with Gasteiger partial charge in [-0.05, 0) is 29.8 Å². The van der Waals surface area contributed by atoms with Gasteiger partial charge in [-0.3, -0.25) is 14.6 Å². The number of pyridine rings is 1. The van der Waals surface area contributed by atoms with Crippen molar-refractivity contribution < 1.29 is 23.1 Å². The summed E-state index contributed by atoms with van der Waals surface area (Å²) in [5, 5.41) is 2.75. The second-order valence-electron chi connectivity index (χ2n) is 6.44. The molecule has 0 aliphatic carbocycles. The molecule has 28 heavy (non-hydrogen) atoms. The Hall–Kier alpha value is -3.03. The molecule has 1 N–H and O–H groups in total. The summed E-state index contributed by atoms with van der Waals surface area (Å²) in [4.78, 5) is 30.1. The maximum Gasteiger partial charge on any atom is 0.387 e. The van der Waals surface area contributed by atoms with E-state index in [9.17, 15) is 18.4 Å². The average molecular weight is 391 g/mol. The predicted molar refractivity (Wildman–Crippen MR) is 99.9 cm³/mol. The molecule has 0 fully saturated rings. The highest BCUT2D eigenvalue weighted by atomic mass is 19.3. The molecule has 8 heteroatoms. The number of carbonyl (C=O) groups excluding carboxylic acids is 2. The molecule has 0 atom stereocenters. The number of rotatable bonds is 9.